The van der Waals surface area contributed by atoms with Gasteiger partial charge < -0.3 is 4.42 Å². The van der Waals surface area contributed by atoms with Crippen molar-refractivity contribution in [2.75, 3.05) is 0 Å². The lowest BCUT2D eigenvalue weighted by Crippen LogP contribution is -1.88. The maximum absolute atomic E-state index is 6.44. The molecule has 1 heterocycles. The van der Waals surface area contributed by atoms with Crippen LogP contribution in [-0.4, -0.2) is 0 Å². The Labute approximate surface area is 340 Å². The van der Waals surface area contributed by atoms with Gasteiger partial charge in [-0.2, -0.15) is 0 Å². The predicted octanol–water partition coefficient (Wildman–Crippen LogP) is 16.7. The van der Waals surface area contributed by atoms with E-state index in [2.05, 4.69) is 206 Å². The van der Waals surface area contributed by atoms with Gasteiger partial charge in [0.05, 0.1) is 0 Å². The molecule has 1 heteroatoms. The van der Waals surface area contributed by atoms with Crippen molar-refractivity contribution in [2.45, 2.75) is 0 Å². The van der Waals surface area contributed by atoms with Crippen LogP contribution in [0.3, 0.4) is 0 Å². The van der Waals surface area contributed by atoms with E-state index in [4.69, 9.17) is 4.42 Å². The quantitative estimate of drug-likeness (QED) is 0.164. The van der Waals surface area contributed by atoms with Crippen molar-refractivity contribution in [1.82, 2.24) is 0 Å². The SMILES string of the molecule is c1ccc2c(c1)cc(-c1ccc3oc4ccc(-c5ccc6ccc(-c7cc8ccc9ccc%10ccccc%10c9c8c8ccccc78)cc6c5)cc4c3c1)c1ccccc12. The van der Waals surface area contributed by atoms with E-state index >= 15 is 0 Å². The second-order valence-corrected chi connectivity index (χ2v) is 16.0. The molecule has 0 aliphatic heterocycles. The topological polar surface area (TPSA) is 13.1 Å². The van der Waals surface area contributed by atoms with Gasteiger partial charge in [-0.3, -0.25) is 0 Å². The monoisotopic (exact) mass is 746 g/mol. The summed E-state index contributed by atoms with van der Waals surface area (Å²) in [4.78, 5) is 0. The van der Waals surface area contributed by atoms with Crippen molar-refractivity contribution >= 4 is 97.3 Å². The first-order valence-electron chi connectivity index (χ1n) is 20.4. The number of hydrogen-bond acceptors (Lipinski definition) is 1. The molecule has 272 valence electrons. The van der Waals surface area contributed by atoms with Gasteiger partial charge in [0.25, 0.3) is 0 Å². The van der Waals surface area contributed by atoms with E-state index in [0.717, 1.165) is 21.9 Å². The van der Waals surface area contributed by atoms with Gasteiger partial charge in [-0.05, 0) is 157 Å². The van der Waals surface area contributed by atoms with Gasteiger partial charge in [0.15, 0.2) is 0 Å². The minimum Gasteiger partial charge on any atom is -0.456 e. The number of benzene rings is 12. The summed E-state index contributed by atoms with van der Waals surface area (Å²) in [7, 11) is 0. The Kier molecular flexibility index (Phi) is 6.79. The summed E-state index contributed by atoms with van der Waals surface area (Å²) in [6.07, 6.45) is 0. The molecule has 0 bridgehead atoms. The molecule has 1 aromatic heterocycles. The molecule has 0 spiro atoms. The van der Waals surface area contributed by atoms with E-state index in [-0.39, 0.29) is 0 Å². The van der Waals surface area contributed by atoms with Gasteiger partial charge in [-0.15, -0.1) is 0 Å². The first kappa shape index (κ1) is 32.4. The maximum atomic E-state index is 6.44. The van der Waals surface area contributed by atoms with Crippen LogP contribution in [0.5, 0.6) is 0 Å². The summed E-state index contributed by atoms with van der Waals surface area (Å²) in [5, 5.41) is 20.1. The molecular weight excluding hydrogens is 713 g/mol. The molecule has 0 atom stereocenters. The number of hydrogen-bond donors (Lipinski definition) is 0. The Balaban J connectivity index is 0.943. The number of rotatable bonds is 3. The van der Waals surface area contributed by atoms with Crippen LogP contribution in [0.2, 0.25) is 0 Å². The summed E-state index contributed by atoms with van der Waals surface area (Å²) in [6.45, 7) is 0. The van der Waals surface area contributed by atoms with Crippen LogP contribution in [0.1, 0.15) is 0 Å². The molecule has 12 aromatic carbocycles. The van der Waals surface area contributed by atoms with Crippen LogP contribution in [0.15, 0.2) is 211 Å². The zero-order valence-electron chi connectivity index (χ0n) is 32.0. The van der Waals surface area contributed by atoms with Crippen molar-refractivity contribution < 1.29 is 4.42 Å². The van der Waals surface area contributed by atoms with Crippen LogP contribution in [0.4, 0.5) is 0 Å². The Morgan fingerprint density at radius 3 is 1.46 bits per heavy atom. The fourth-order valence-electron chi connectivity index (χ4n) is 9.94. The summed E-state index contributed by atoms with van der Waals surface area (Å²) in [6, 6.07) is 76.0. The van der Waals surface area contributed by atoms with Gasteiger partial charge in [-0.1, -0.05) is 158 Å². The second kappa shape index (κ2) is 12.4. The van der Waals surface area contributed by atoms with Crippen LogP contribution in [0.25, 0.3) is 131 Å². The molecule has 0 radical (unpaired) electrons. The molecule has 13 rings (SSSR count). The van der Waals surface area contributed by atoms with Crippen LogP contribution in [0, 0.1) is 0 Å². The Morgan fingerprint density at radius 2 is 0.678 bits per heavy atom. The smallest absolute Gasteiger partial charge is 0.135 e. The third-order valence-electron chi connectivity index (χ3n) is 12.8. The van der Waals surface area contributed by atoms with Gasteiger partial charge >= 0.3 is 0 Å². The molecule has 0 fully saturated rings. The lowest BCUT2D eigenvalue weighted by Gasteiger charge is -2.15. The fraction of sp³-hybridized carbons (Fsp3) is 0. The van der Waals surface area contributed by atoms with Crippen molar-refractivity contribution in [3.05, 3.63) is 206 Å². The van der Waals surface area contributed by atoms with Gasteiger partial charge in [0.2, 0.25) is 0 Å². The van der Waals surface area contributed by atoms with E-state index in [1.54, 1.807) is 0 Å². The molecule has 59 heavy (non-hydrogen) atoms. The zero-order valence-corrected chi connectivity index (χ0v) is 32.0. The van der Waals surface area contributed by atoms with Crippen LogP contribution < -0.4 is 0 Å². The van der Waals surface area contributed by atoms with E-state index in [1.165, 1.54) is 109 Å². The summed E-state index contributed by atoms with van der Waals surface area (Å²) < 4.78 is 6.44. The highest BCUT2D eigenvalue weighted by Gasteiger charge is 2.16. The summed E-state index contributed by atoms with van der Waals surface area (Å²) in [5.74, 6) is 0. The standard InChI is InChI=1S/C58H34O/c1-4-12-46-36(9-1)19-20-37-21-24-43-34-52(49-15-7-8-16-50(49)58(43)57(37)46)41-23-18-35-17-22-38(29-44(35)30-41)39-25-27-55-53(31-39)54-33-42(26-28-56(54)59-55)51-32-40-10-2-3-11-45(40)47-13-5-6-14-48(47)51/h1-34H. The molecule has 0 amide bonds. The van der Waals surface area contributed by atoms with Crippen molar-refractivity contribution in [2.24, 2.45) is 0 Å². The van der Waals surface area contributed by atoms with E-state index < -0.39 is 0 Å². The van der Waals surface area contributed by atoms with E-state index in [1.807, 2.05) is 0 Å². The fourth-order valence-corrected chi connectivity index (χ4v) is 9.94. The van der Waals surface area contributed by atoms with Crippen molar-refractivity contribution in [3.63, 3.8) is 0 Å². The predicted molar refractivity (Wildman–Crippen MR) is 253 cm³/mol. The molecule has 0 N–H and O–H groups in total. The molecule has 0 aliphatic rings. The first-order chi connectivity index (χ1) is 29.2. The van der Waals surface area contributed by atoms with Crippen molar-refractivity contribution in [3.8, 4) is 33.4 Å². The Bertz CT molecular complexity index is 3900. The normalized spacial score (nSPS) is 12.1. The highest BCUT2D eigenvalue weighted by Crippen LogP contribution is 2.43. The number of fused-ring (bicyclic) bond motifs is 14. The molecular formula is C58H34O. The zero-order chi connectivity index (χ0) is 38.6. The third kappa shape index (κ3) is 4.92. The van der Waals surface area contributed by atoms with Gasteiger partial charge in [-0.25, -0.2) is 0 Å². The average molecular weight is 747 g/mol. The Morgan fingerprint density at radius 1 is 0.220 bits per heavy atom. The third-order valence-corrected chi connectivity index (χ3v) is 12.8. The summed E-state index contributed by atoms with van der Waals surface area (Å²) in [5.41, 5.74) is 9.05. The largest absolute Gasteiger partial charge is 0.456 e. The minimum atomic E-state index is 0.899. The highest BCUT2D eigenvalue weighted by molar-refractivity contribution is 6.29. The molecule has 0 saturated heterocycles. The van der Waals surface area contributed by atoms with Crippen molar-refractivity contribution in [1.29, 1.82) is 0 Å². The Hall–Kier alpha value is -7.74. The maximum Gasteiger partial charge on any atom is 0.135 e. The molecule has 13 aromatic rings. The molecule has 0 unspecified atom stereocenters. The number of furan rings is 1. The van der Waals surface area contributed by atoms with Gasteiger partial charge in [0, 0.05) is 10.8 Å². The highest BCUT2D eigenvalue weighted by atomic mass is 16.3. The average Bonchev–Trinajstić information content (AvgIpc) is 3.67. The van der Waals surface area contributed by atoms with Crippen LogP contribution >= 0.6 is 0 Å². The summed E-state index contributed by atoms with van der Waals surface area (Å²) >= 11 is 0. The van der Waals surface area contributed by atoms with Crippen LogP contribution in [-0.2, 0) is 0 Å². The second-order valence-electron chi connectivity index (χ2n) is 16.0. The van der Waals surface area contributed by atoms with E-state index in [9.17, 15) is 0 Å². The lowest BCUT2D eigenvalue weighted by atomic mass is 9.88. The lowest BCUT2D eigenvalue weighted by molar-refractivity contribution is 0.669. The minimum absolute atomic E-state index is 0.899. The molecule has 1 nitrogen and oxygen atoms in total. The van der Waals surface area contributed by atoms with Gasteiger partial charge in [0.1, 0.15) is 11.2 Å². The first-order valence-corrected chi connectivity index (χ1v) is 20.4. The molecule has 0 aliphatic carbocycles. The van der Waals surface area contributed by atoms with E-state index in [0.29, 0.717) is 0 Å². The molecule has 0 saturated carbocycles.